The molecule has 1 heterocycles. The van der Waals surface area contributed by atoms with Gasteiger partial charge in [-0.25, -0.2) is 4.98 Å². The molecule has 1 unspecified atom stereocenters. The topological polar surface area (TPSA) is 121 Å². The molecular weight excluding hydrogens is 348 g/mol. The summed E-state index contributed by atoms with van der Waals surface area (Å²) in [6.45, 7) is 0.170. The summed E-state index contributed by atoms with van der Waals surface area (Å²) in [5.74, 6) is 1.04. The summed E-state index contributed by atoms with van der Waals surface area (Å²) < 4.78 is 5.14. The molecule has 3 aromatic rings. The van der Waals surface area contributed by atoms with Gasteiger partial charge in [0, 0.05) is 24.1 Å². The van der Waals surface area contributed by atoms with Crippen molar-refractivity contribution in [3.8, 4) is 11.8 Å². The van der Waals surface area contributed by atoms with Gasteiger partial charge in [0.15, 0.2) is 0 Å². The SMILES string of the molecule is COc1cccc(C(O)CNc2cc(C#N)c3cc([N+](=O)[O-])ccc3n2)c1. The second kappa shape index (κ2) is 7.68. The molecule has 2 aromatic carbocycles. The number of non-ortho nitro benzene ring substituents is 1. The van der Waals surface area contributed by atoms with Crippen LogP contribution in [0.1, 0.15) is 17.2 Å². The van der Waals surface area contributed by atoms with Crippen LogP contribution in [0.4, 0.5) is 11.5 Å². The molecule has 2 N–H and O–H groups in total. The number of aliphatic hydroxyl groups excluding tert-OH is 1. The summed E-state index contributed by atoms with van der Waals surface area (Å²) in [6.07, 6.45) is -0.806. The van der Waals surface area contributed by atoms with Crippen LogP contribution >= 0.6 is 0 Å². The number of aliphatic hydroxyl groups is 1. The Morgan fingerprint density at radius 1 is 1.33 bits per heavy atom. The van der Waals surface area contributed by atoms with Gasteiger partial charge in [0.05, 0.1) is 35.3 Å². The maximum absolute atomic E-state index is 10.9. The summed E-state index contributed by atoms with van der Waals surface area (Å²) in [4.78, 5) is 14.8. The molecule has 0 spiro atoms. The summed E-state index contributed by atoms with van der Waals surface area (Å²) >= 11 is 0. The predicted octanol–water partition coefficient (Wildman–Crippen LogP) is 3.17. The molecule has 0 saturated heterocycles. The zero-order valence-electron chi connectivity index (χ0n) is 14.4. The van der Waals surface area contributed by atoms with Crippen molar-refractivity contribution in [1.29, 1.82) is 5.26 Å². The summed E-state index contributed by atoms with van der Waals surface area (Å²) in [5.41, 5.74) is 1.30. The molecule has 1 aromatic heterocycles. The molecule has 136 valence electrons. The van der Waals surface area contributed by atoms with E-state index in [2.05, 4.69) is 10.3 Å². The molecule has 0 aliphatic rings. The lowest BCUT2D eigenvalue weighted by Gasteiger charge is -2.14. The van der Waals surface area contributed by atoms with Gasteiger partial charge >= 0.3 is 0 Å². The molecule has 27 heavy (non-hydrogen) atoms. The van der Waals surface area contributed by atoms with E-state index in [1.54, 1.807) is 31.4 Å². The van der Waals surface area contributed by atoms with E-state index in [1.165, 1.54) is 24.3 Å². The van der Waals surface area contributed by atoms with Crippen molar-refractivity contribution in [1.82, 2.24) is 4.98 Å². The number of benzene rings is 2. The molecule has 3 rings (SSSR count). The van der Waals surface area contributed by atoms with Gasteiger partial charge in [-0.3, -0.25) is 10.1 Å². The lowest BCUT2D eigenvalue weighted by Crippen LogP contribution is -2.13. The molecule has 0 radical (unpaired) electrons. The van der Waals surface area contributed by atoms with Gasteiger partial charge in [-0.05, 0) is 29.8 Å². The van der Waals surface area contributed by atoms with Crippen LogP contribution in [-0.4, -0.2) is 28.7 Å². The highest BCUT2D eigenvalue weighted by Crippen LogP contribution is 2.25. The fraction of sp³-hybridized carbons (Fsp3) is 0.158. The average molecular weight is 364 g/mol. The Kier molecular flexibility index (Phi) is 5.15. The van der Waals surface area contributed by atoms with Crippen LogP contribution < -0.4 is 10.1 Å². The monoisotopic (exact) mass is 364 g/mol. The largest absolute Gasteiger partial charge is 0.497 e. The van der Waals surface area contributed by atoms with Crippen LogP contribution in [0, 0.1) is 21.4 Å². The zero-order valence-corrected chi connectivity index (χ0v) is 14.4. The van der Waals surface area contributed by atoms with Crippen LogP contribution in [0.15, 0.2) is 48.5 Å². The van der Waals surface area contributed by atoms with Crippen LogP contribution in [0.3, 0.4) is 0 Å². The number of nitrogens with one attached hydrogen (secondary N) is 1. The van der Waals surface area contributed by atoms with E-state index >= 15 is 0 Å². The predicted molar refractivity (Wildman–Crippen MR) is 99.6 cm³/mol. The van der Waals surface area contributed by atoms with Crippen molar-refractivity contribution >= 4 is 22.4 Å². The minimum Gasteiger partial charge on any atom is -0.497 e. The summed E-state index contributed by atoms with van der Waals surface area (Å²) in [7, 11) is 1.55. The smallest absolute Gasteiger partial charge is 0.270 e. The first-order valence-corrected chi connectivity index (χ1v) is 8.07. The first kappa shape index (κ1) is 18.1. The highest BCUT2D eigenvalue weighted by Gasteiger charge is 2.13. The van der Waals surface area contributed by atoms with Gasteiger partial charge in [0.25, 0.3) is 5.69 Å². The van der Waals surface area contributed by atoms with E-state index in [9.17, 15) is 20.5 Å². The van der Waals surface area contributed by atoms with Crippen molar-refractivity contribution in [3.63, 3.8) is 0 Å². The lowest BCUT2D eigenvalue weighted by atomic mass is 10.1. The molecule has 0 amide bonds. The molecule has 0 aliphatic heterocycles. The van der Waals surface area contributed by atoms with Crippen LogP contribution in [0.5, 0.6) is 5.75 Å². The number of nitro groups is 1. The third-order valence-electron chi connectivity index (χ3n) is 4.08. The quantitative estimate of drug-likeness (QED) is 0.509. The number of pyridine rings is 1. The van der Waals surface area contributed by atoms with Gasteiger partial charge in [-0.2, -0.15) is 5.26 Å². The second-order valence-electron chi connectivity index (χ2n) is 5.80. The van der Waals surface area contributed by atoms with Gasteiger partial charge in [0.1, 0.15) is 11.6 Å². The lowest BCUT2D eigenvalue weighted by molar-refractivity contribution is -0.384. The van der Waals surface area contributed by atoms with Crippen LogP contribution in [0.2, 0.25) is 0 Å². The number of rotatable bonds is 6. The Morgan fingerprint density at radius 2 is 2.15 bits per heavy atom. The number of nitrogens with zero attached hydrogens (tertiary/aromatic N) is 3. The van der Waals surface area contributed by atoms with E-state index < -0.39 is 11.0 Å². The van der Waals surface area contributed by atoms with Crippen molar-refractivity contribution in [2.24, 2.45) is 0 Å². The van der Waals surface area contributed by atoms with Gasteiger partial charge in [-0.1, -0.05) is 12.1 Å². The number of methoxy groups -OCH3 is 1. The molecule has 8 nitrogen and oxygen atoms in total. The fourth-order valence-corrected chi connectivity index (χ4v) is 2.68. The number of hydrogen-bond donors (Lipinski definition) is 2. The van der Waals surface area contributed by atoms with Crippen LogP contribution in [-0.2, 0) is 0 Å². The van der Waals surface area contributed by atoms with E-state index in [0.717, 1.165) is 0 Å². The molecule has 0 aliphatic carbocycles. The number of fused-ring (bicyclic) bond motifs is 1. The van der Waals surface area contributed by atoms with Crippen molar-refractivity contribution in [3.05, 3.63) is 69.8 Å². The Hall–Kier alpha value is -3.70. The molecule has 0 fully saturated rings. The number of nitro benzene ring substituents is 1. The van der Waals surface area contributed by atoms with E-state index in [0.29, 0.717) is 28.0 Å². The Morgan fingerprint density at radius 3 is 2.85 bits per heavy atom. The summed E-state index contributed by atoms with van der Waals surface area (Å²) in [6, 6.07) is 14.8. The number of anilines is 1. The van der Waals surface area contributed by atoms with E-state index in [-0.39, 0.29) is 17.8 Å². The van der Waals surface area contributed by atoms with Crippen molar-refractivity contribution in [2.75, 3.05) is 19.0 Å². The molecular formula is C19H16N4O4. The highest BCUT2D eigenvalue weighted by atomic mass is 16.6. The minimum absolute atomic E-state index is 0.102. The average Bonchev–Trinajstić information content (AvgIpc) is 2.70. The first-order chi connectivity index (χ1) is 13.0. The number of nitriles is 1. The number of aromatic nitrogens is 1. The van der Waals surface area contributed by atoms with Gasteiger partial charge in [0.2, 0.25) is 0 Å². The fourth-order valence-electron chi connectivity index (χ4n) is 2.68. The first-order valence-electron chi connectivity index (χ1n) is 8.07. The van der Waals surface area contributed by atoms with E-state index in [4.69, 9.17) is 4.74 Å². The number of ether oxygens (including phenoxy) is 1. The Bertz CT molecular complexity index is 1050. The molecule has 0 saturated carbocycles. The Labute approximate surface area is 154 Å². The van der Waals surface area contributed by atoms with Crippen molar-refractivity contribution in [2.45, 2.75) is 6.10 Å². The van der Waals surface area contributed by atoms with E-state index in [1.807, 2.05) is 6.07 Å². The van der Waals surface area contributed by atoms with Gasteiger partial charge in [-0.15, -0.1) is 0 Å². The second-order valence-corrected chi connectivity index (χ2v) is 5.80. The normalized spacial score (nSPS) is 11.6. The van der Waals surface area contributed by atoms with Gasteiger partial charge < -0.3 is 15.2 Å². The minimum atomic E-state index is -0.806. The maximum Gasteiger partial charge on any atom is 0.270 e. The standard InChI is InChI=1S/C19H16N4O4/c1-27-15-4-2-3-12(7-15)18(24)11-21-19-8-13(10-20)16-9-14(23(25)26)5-6-17(16)22-19/h2-9,18,24H,11H2,1H3,(H,21,22). The van der Waals surface area contributed by atoms with Crippen molar-refractivity contribution < 1.29 is 14.8 Å². The highest BCUT2D eigenvalue weighted by molar-refractivity contribution is 5.88. The zero-order chi connectivity index (χ0) is 19.4. The Balaban J connectivity index is 1.83. The number of hydrogen-bond acceptors (Lipinski definition) is 7. The summed E-state index contributed by atoms with van der Waals surface area (Å²) in [5, 5.41) is 34.0. The third-order valence-corrected chi connectivity index (χ3v) is 4.08. The molecule has 0 bridgehead atoms. The molecule has 8 heteroatoms. The van der Waals surface area contributed by atoms with Crippen LogP contribution in [0.25, 0.3) is 10.9 Å². The molecule has 1 atom stereocenters. The third kappa shape index (κ3) is 3.94. The maximum atomic E-state index is 10.9.